The molecular formula is C24H24N4O3. The van der Waals surface area contributed by atoms with Crippen LogP contribution in [0.2, 0.25) is 0 Å². The fourth-order valence-corrected chi connectivity index (χ4v) is 4.75. The standard InChI is InChI=1S/C24H24N4O3/c1-3-30-24(31-4-2)23(16-26)20(22(23,15-25)21(27)28-24)18-10-12-19(13-11-18)29-14-17-8-6-5-7-9-17/h5-13,20H,3-4,14H2,1-2H3,(H2,27,28)/t20-,22+,23+/m0/s1. The Morgan fingerprint density at radius 3 is 2.16 bits per heavy atom. The van der Waals surface area contributed by atoms with Crippen molar-refractivity contribution in [2.24, 2.45) is 21.6 Å². The van der Waals surface area contributed by atoms with Gasteiger partial charge in [0, 0.05) is 19.1 Å². The van der Waals surface area contributed by atoms with Crippen LogP contribution in [0.5, 0.6) is 5.75 Å². The highest BCUT2D eigenvalue weighted by atomic mass is 16.7. The summed E-state index contributed by atoms with van der Waals surface area (Å²) in [5.74, 6) is -1.35. The summed E-state index contributed by atoms with van der Waals surface area (Å²) >= 11 is 0. The Bertz CT molecular complexity index is 1060. The van der Waals surface area contributed by atoms with E-state index in [0.29, 0.717) is 12.4 Å². The molecule has 2 aromatic rings. The Labute approximate surface area is 181 Å². The molecule has 2 N–H and O–H groups in total. The first-order chi connectivity index (χ1) is 15.0. The van der Waals surface area contributed by atoms with E-state index >= 15 is 0 Å². The summed E-state index contributed by atoms with van der Waals surface area (Å²) in [6.45, 7) is 4.56. The van der Waals surface area contributed by atoms with E-state index in [-0.39, 0.29) is 19.0 Å². The maximum atomic E-state index is 10.3. The molecule has 158 valence electrons. The third kappa shape index (κ3) is 2.75. The molecule has 2 aromatic carbocycles. The summed E-state index contributed by atoms with van der Waals surface area (Å²) in [5.41, 5.74) is 5.44. The number of aliphatic imine (C=N–C) groups is 1. The lowest BCUT2D eigenvalue weighted by atomic mass is 9.93. The van der Waals surface area contributed by atoms with Crippen LogP contribution in [0.25, 0.3) is 0 Å². The van der Waals surface area contributed by atoms with Crippen molar-refractivity contribution in [3.05, 3.63) is 65.7 Å². The van der Waals surface area contributed by atoms with Crippen molar-refractivity contribution in [3.63, 3.8) is 0 Å². The van der Waals surface area contributed by atoms with Crippen LogP contribution in [-0.2, 0) is 16.1 Å². The molecule has 3 atom stereocenters. The van der Waals surface area contributed by atoms with Gasteiger partial charge in [0.25, 0.3) is 5.91 Å². The Kier molecular flexibility index (Phi) is 5.18. The number of nitriles is 2. The molecular weight excluding hydrogens is 392 g/mol. The van der Waals surface area contributed by atoms with Gasteiger partial charge in [-0.2, -0.15) is 10.5 Å². The van der Waals surface area contributed by atoms with Crippen LogP contribution >= 0.6 is 0 Å². The fraction of sp³-hybridized carbons (Fsp3) is 0.375. The smallest absolute Gasteiger partial charge is 0.293 e. The number of hydrogen-bond donors (Lipinski definition) is 1. The molecule has 1 saturated carbocycles. The lowest BCUT2D eigenvalue weighted by Crippen LogP contribution is -2.43. The van der Waals surface area contributed by atoms with Crippen LogP contribution < -0.4 is 10.5 Å². The number of ether oxygens (including phenoxy) is 3. The third-order valence-corrected chi connectivity index (χ3v) is 6.07. The molecule has 1 aliphatic carbocycles. The molecule has 7 heteroatoms. The first-order valence-corrected chi connectivity index (χ1v) is 10.3. The molecule has 31 heavy (non-hydrogen) atoms. The second-order valence-electron chi connectivity index (χ2n) is 7.56. The summed E-state index contributed by atoms with van der Waals surface area (Å²) < 4.78 is 17.6. The number of benzene rings is 2. The van der Waals surface area contributed by atoms with Gasteiger partial charge < -0.3 is 19.9 Å². The number of hydrogen-bond acceptors (Lipinski definition) is 7. The third-order valence-electron chi connectivity index (χ3n) is 6.07. The van der Waals surface area contributed by atoms with Gasteiger partial charge in [-0.1, -0.05) is 42.5 Å². The summed E-state index contributed by atoms with van der Waals surface area (Å²) in [7, 11) is 0. The van der Waals surface area contributed by atoms with Gasteiger partial charge in [-0.05, 0) is 37.1 Å². The predicted molar refractivity (Wildman–Crippen MR) is 114 cm³/mol. The highest BCUT2D eigenvalue weighted by Gasteiger charge is 2.93. The molecule has 1 fully saturated rings. The summed E-state index contributed by atoms with van der Waals surface area (Å²) in [6.07, 6.45) is 0. The van der Waals surface area contributed by atoms with Crippen LogP contribution in [0.15, 0.2) is 59.6 Å². The monoisotopic (exact) mass is 416 g/mol. The molecule has 2 aliphatic rings. The number of rotatable bonds is 8. The zero-order chi connectivity index (χ0) is 22.1. The molecule has 0 saturated heterocycles. The van der Waals surface area contributed by atoms with E-state index in [0.717, 1.165) is 11.1 Å². The van der Waals surface area contributed by atoms with Crippen LogP contribution in [0, 0.1) is 33.5 Å². The number of nitrogens with zero attached hydrogens (tertiary/aromatic N) is 3. The molecule has 7 nitrogen and oxygen atoms in total. The van der Waals surface area contributed by atoms with E-state index in [4.69, 9.17) is 19.9 Å². The Morgan fingerprint density at radius 1 is 0.968 bits per heavy atom. The molecule has 0 spiro atoms. The molecule has 0 bridgehead atoms. The van der Waals surface area contributed by atoms with E-state index in [1.165, 1.54) is 0 Å². The molecule has 1 heterocycles. The van der Waals surface area contributed by atoms with E-state index in [1.807, 2.05) is 54.6 Å². The number of fused-ring (bicyclic) bond motifs is 1. The Hall–Kier alpha value is -3.39. The van der Waals surface area contributed by atoms with Crippen molar-refractivity contribution < 1.29 is 14.2 Å². The van der Waals surface area contributed by atoms with E-state index in [2.05, 4.69) is 17.1 Å². The minimum absolute atomic E-state index is 0.0767. The van der Waals surface area contributed by atoms with Gasteiger partial charge in [-0.3, -0.25) is 0 Å². The van der Waals surface area contributed by atoms with Gasteiger partial charge in [0.2, 0.25) is 0 Å². The normalized spacial score (nSPS) is 27.5. The molecule has 0 aromatic heterocycles. The molecule has 0 unspecified atom stereocenters. The average molecular weight is 416 g/mol. The second-order valence-corrected chi connectivity index (χ2v) is 7.56. The zero-order valence-corrected chi connectivity index (χ0v) is 17.5. The van der Waals surface area contributed by atoms with E-state index < -0.39 is 22.7 Å². The predicted octanol–water partition coefficient (Wildman–Crippen LogP) is 3.48. The lowest BCUT2D eigenvalue weighted by Gasteiger charge is -2.31. The minimum Gasteiger partial charge on any atom is -0.489 e. The van der Waals surface area contributed by atoms with Crippen molar-refractivity contribution in [2.75, 3.05) is 13.2 Å². The largest absolute Gasteiger partial charge is 0.489 e. The zero-order valence-electron chi connectivity index (χ0n) is 17.5. The summed E-state index contributed by atoms with van der Waals surface area (Å²) in [5, 5.41) is 20.4. The fourth-order valence-electron chi connectivity index (χ4n) is 4.75. The summed E-state index contributed by atoms with van der Waals surface area (Å²) in [4.78, 5) is 4.35. The van der Waals surface area contributed by atoms with Crippen LogP contribution in [0.3, 0.4) is 0 Å². The lowest BCUT2D eigenvalue weighted by molar-refractivity contribution is -0.255. The molecule has 0 radical (unpaired) electrons. The van der Waals surface area contributed by atoms with Crippen molar-refractivity contribution in [2.45, 2.75) is 32.3 Å². The SMILES string of the molecule is CCOC1(OCC)N=C(N)[C@@]2(C#N)[C@H](c3ccc(OCc4ccccc4)cc3)[C@@]12C#N. The van der Waals surface area contributed by atoms with Gasteiger partial charge in [0.15, 0.2) is 5.41 Å². The first-order valence-electron chi connectivity index (χ1n) is 10.3. The molecule has 1 aliphatic heterocycles. The summed E-state index contributed by atoms with van der Waals surface area (Å²) in [6, 6.07) is 21.8. The van der Waals surface area contributed by atoms with Crippen LogP contribution in [0.4, 0.5) is 0 Å². The van der Waals surface area contributed by atoms with Crippen molar-refractivity contribution in [1.82, 2.24) is 0 Å². The quantitative estimate of drug-likeness (QED) is 0.659. The maximum Gasteiger partial charge on any atom is 0.293 e. The maximum absolute atomic E-state index is 10.3. The Balaban J connectivity index is 1.64. The Morgan fingerprint density at radius 2 is 1.61 bits per heavy atom. The number of nitrogens with two attached hydrogens (primary N) is 1. The topological polar surface area (TPSA) is 114 Å². The van der Waals surface area contributed by atoms with Crippen molar-refractivity contribution in [3.8, 4) is 17.9 Å². The van der Waals surface area contributed by atoms with Gasteiger partial charge >= 0.3 is 0 Å². The van der Waals surface area contributed by atoms with Crippen LogP contribution in [-0.4, -0.2) is 25.0 Å². The number of amidine groups is 1. The molecule has 4 rings (SSSR count). The second kappa shape index (κ2) is 7.70. The minimum atomic E-state index is -1.60. The van der Waals surface area contributed by atoms with Crippen LogP contribution in [0.1, 0.15) is 30.9 Å². The van der Waals surface area contributed by atoms with Gasteiger partial charge in [-0.15, -0.1) is 0 Å². The highest BCUT2D eigenvalue weighted by Crippen LogP contribution is 2.82. The van der Waals surface area contributed by atoms with E-state index in [1.54, 1.807) is 13.8 Å². The first kappa shape index (κ1) is 20.9. The average Bonchev–Trinajstić information content (AvgIpc) is 3.38. The van der Waals surface area contributed by atoms with Gasteiger partial charge in [-0.25, -0.2) is 4.99 Å². The van der Waals surface area contributed by atoms with Crippen molar-refractivity contribution in [1.29, 1.82) is 10.5 Å². The van der Waals surface area contributed by atoms with Gasteiger partial charge in [0.1, 0.15) is 23.6 Å². The van der Waals surface area contributed by atoms with E-state index in [9.17, 15) is 10.5 Å². The molecule has 0 amide bonds. The highest BCUT2D eigenvalue weighted by molar-refractivity contribution is 6.00. The van der Waals surface area contributed by atoms with Gasteiger partial charge in [0.05, 0.1) is 12.1 Å². The van der Waals surface area contributed by atoms with Crippen molar-refractivity contribution >= 4 is 5.84 Å².